The van der Waals surface area contributed by atoms with Crippen LogP contribution in [0.3, 0.4) is 0 Å². The monoisotopic (exact) mass is 267 g/mol. The van der Waals surface area contributed by atoms with E-state index in [4.69, 9.17) is 11.0 Å². The van der Waals surface area contributed by atoms with Crippen molar-refractivity contribution in [3.05, 3.63) is 22.7 Å². The molecule has 0 fully saturated rings. The normalized spacial score (nSPS) is 11.9. The van der Waals surface area contributed by atoms with Gasteiger partial charge < -0.3 is 10.6 Å². The lowest BCUT2D eigenvalue weighted by molar-refractivity contribution is 0.715. The molecule has 1 rings (SSSR count). The zero-order valence-electron chi connectivity index (χ0n) is 8.87. The molecule has 0 bridgehead atoms. The quantitative estimate of drug-likeness (QED) is 0.857. The molecule has 1 aromatic carbocycles. The number of halogens is 1. The van der Waals surface area contributed by atoms with E-state index in [-0.39, 0.29) is 5.92 Å². The van der Waals surface area contributed by atoms with Crippen molar-refractivity contribution in [1.82, 2.24) is 0 Å². The Kier molecular flexibility index (Phi) is 3.98. The maximum Gasteiger partial charge on any atom is 0.0671 e. The summed E-state index contributed by atoms with van der Waals surface area (Å²) < 4.78 is 0.954. The Morgan fingerprint density at radius 1 is 1.60 bits per heavy atom. The second kappa shape index (κ2) is 5.04. The van der Waals surface area contributed by atoms with Crippen LogP contribution in [0.25, 0.3) is 0 Å². The first-order valence-electron chi connectivity index (χ1n) is 4.70. The molecule has 0 saturated heterocycles. The number of rotatable bonds is 3. The predicted octanol–water partition coefficient (Wildman–Crippen LogP) is 2.63. The molecule has 1 aromatic rings. The minimum Gasteiger partial charge on any atom is -0.399 e. The van der Waals surface area contributed by atoms with E-state index in [0.29, 0.717) is 6.54 Å². The number of nitriles is 1. The van der Waals surface area contributed by atoms with Crippen molar-refractivity contribution < 1.29 is 0 Å². The Balaban J connectivity index is 2.83. The van der Waals surface area contributed by atoms with Crippen molar-refractivity contribution in [2.75, 3.05) is 24.2 Å². The number of benzene rings is 1. The highest BCUT2D eigenvalue weighted by molar-refractivity contribution is 9.10. The molecule has 3 nitrogen and oxygen atoms in total. The lowest BCUT2D eigenvalue weighted by atomic mass is 10.2. The highest BCUT2D eigenvalue weighted by Gasteiger charge is 2.09. The SMILES string of the molecule is CC(C#N)CN(C)c1ccc(N)cc1Br. The van der Waals surface area contributed by atoms with Gasteiger partial charge in [0.25, 0.3) is 0 Å². The van der Waals surface area contributed by atoms with Crippen molar-refractivity contribution in [2.24, 2.45) is 5.92 Å². The molecule has 0 spiro atoms. The van der Waals surface area contributed by atoms with Gasteiger partial charge in [0, 0.05) is 23.8 Å². The molecule has 15 heavy (non-hydrogen) atoms. The van der Waals surface area contributed by atoms with E-state index in [9.17, 15) is 0 Å². The lowest BCUT2D eigenvalue weighted by Gasteiger charge is -2.21. The second-order valence-corrected chi connectivity index (χ2v) is 4.48. The topological polar surface area (TPSA) is 53.0 Å². The molecule has 4 heteroatoms. The first-order valence-corrected chi connectivity index (χ1v) is 5.49. The highest BCUT2D eigenvalue weighted by Crippen LogP contribution is 2.27. The van der Waals surface area contributed by atoms with Crippen molar-refractivity contribution >= 4 is 27.3 Å². The number of anilines is 2. The summed E-state index contributed by atoms with van der Waals surface area (Å²) >= 11 is 3.45. The van der Waals surface area contributed by atoms with Crippen molar-refractivity contribution in [3.8, 4) is 6.07 Å². The third-order valence-electron chi connectivity index (χ3n) is 2.15. The van der Waals surface area contributed by atoms with Crippen molar-refractivity contribution in [3.63, 3.8) is 0 Å². The van der Waals surface area contributed by atoms with E-state index < -0.39 is 0 Å². The van der Waals surface area contributed by atoms with Gasteiger partial charge in [0.05, 0.1) is 17.7 Å². The van der Waals surface area contributed by atoms with Crippen LogP contribution in [0.4, 0.5) is 11.4 Å². The fourth-order valence-electron chi connectivity index (χ4n) is 1.38. The van der Waals surface area contributed by atoms with E-state index in [2.05, 4.69) is 22.0 Å². The van der Waals surface area contributed by atoms with E-state index in [0.717, 1.165) is 15.8 Å². The van der Waals surface area contributed by atoms with E-state index in [1.807, 2.05) is 37.1 Å². The largest absolute Gasteiger partial charge is 0.399 e. The molecular weight excluding hydrogens is 254 g/mol. The Bertz CT molecular complexity index is 384. The molecule has 2 N–H and O–H groups in total. The van der Waals surface area contributed by atoms with E-state index >= 15 is 0 Å². The summed E-state index contributed by atoms with van der Waals surface area (Å²) in [4.78, 5) is 2.04. The van der Waals surface area contributed by atoms with Gasteiger partial charge in [-0.05, 0) is 41.1 Å². The maximum absolute atomic E-state index is 8.74. The fourth-order valence-corrected chi connectivity index (χ4v) is 2.08. The van der Waals surface area contributed by atoms with Gasteiger partial charge in [0.15, 0.2) is 0 Å². The van der Waals surface area contributed by atoms with Crippen LogP contribution >= 0.6 is 15.9 Å². The summed E-state index contributed by atoms with van der Waals surface area (Å²) in [5.74, 6) is 0.0134. The minimum absolute atomic E-state index is 0.0134. The van der Waals surface area contributed by atoms with Crippen LogP contribution in [0.2, 0.25) is 0 Å². The van der Waals surface area contributed by atoms with Gasteiger partial charge in [-0.25, -0.2) is 0 Å². The van der Waals surface area contributed by atoms with Crippen LogP contribution in [0, 0.1) is 17.2 Å². The van der Waals surface area contributed by atoms with Crippen LogP contribution in [0.5, 0.6) is 0 Å². The molecular formula is C11H14BrN3. The third kappa shape index (κ3) is 3.14. The summed E-state index contributed by atoms with van der Waals surface area (Å²) in [7, 11) is 1.96. The lowest BCUT2D eigenvalue weighted by Crippen LogP contribution is -2.23. The Hall–Kier alpha value is -1.21. The molecule has 1 atom stereocenters. The van der Waals surface area contributed by atoms with Crippen molar-refractivity contribution in [1.29, 1.82) is 5.26 Å². The molecule has 0 aliphatic heterocycles. The Morgan fingerprint density at radius 3 is 2.80 bits per heavy atom. The van der Waals surface area contributed by atoms with E-state index in [1.54, 1.807) is 0 Å². The molecule has 80 valence electrons. The summed E-state index contributed by atoms with van der Waals surface area (Å²) in [5.41, 5.74) is 7.43. The van der Waals surface area contributed by atoms with Crippen LogP contribution in [-0.4, -0.2) is 13.6 Å². The Labute approximate surface area is 98.6 Å². The molecule has 0 saturated carbocycles. The summed E-state index contributed by atoms with van der Waals surface area (Å²) in [6.45, 7) is 2.61. The van der Waals surface area contributed by atoms with Gasteiger partial charge in [-0.2, -0.15) is 5.26 Å². The third-order valence-corrected chi connectivity index (χ3v) is 2.79. The first-order chi connectivity index (χ1) is 7.04. The molecule has 0 radical (unpaired) electrons. The standard InChI is InChI=1S/C11H14BrN3/c1-8(6-13)7-15(2)11-4-3-9(14)5-10(11)12/h3-5,8H,7,14H2,1-2H3. The number of nitrogen functional groups attached to an aromatic ring is 1. The van der Waals surface area contributed by atoms with E-state index in [1.165, 1.54) is 0 Å². The first kappa shape index (κ1) is 11.9. The van der Waals surface area contributed by atoms with Crippen LogP contribution < -0.4 is 10.6 Å². The number of hydrogen-bond donors (Lipinski definition) is 1. The molecule has 1 unspecified atom stereocenters. The van der Waals surface area contributed by atoms with Crippen LogP contribution in [0.15, 0.2) is 22.7 Å². The number of nitrogens with two attached hydrogens (primary N) is 1. The zero-order valence-corrected chi connectivity index (χ0v) is 10.5. The van der Waals surface area contributed by atoms with Gasteiger partial charge in [0.1, 0.15) is 0 Å². The minimum atomic E-state index is 0.0134. The average molecular weight is 268 g/mol. The van der Waals surface area contributed by atoms with Gasteiger partial charge in [-0.15, -0.1) is 0 Å². The maximum atomic E-state index is 8.74. The highest BCUT2D eigenvalue weighted by atomic mass is 79.9. The predicted molar refractivity (Wildman–Crippen MR) is 66.6 cm³/mol. The number of nitrogens with zero attached hydrogens (tertiary/aromatic N) is 2. The van der Waals surface area contributed by atoms with Crippen LogP contribution in [-0.2, 0) is 0 Å². The second-order valence-electron chi connectivity index (χ2n) is 3.62. The van der Waals surface area contributed by atoms with Crippen LogP contribution in [0.1, 0.15) is 6.92 Å². The molecule has 0 aliphatic carbocycles. The smallest absolute Gasteiger partial charge is 0.0671 e. The van der Waals surface area contributed by atoms with Gasteiger partial charge >= 0.3 is 0 Å². The number of hydrogen-bond acceptors (Lipinski definition) is 3. The van der Waals surface area contributed by atoms with Gasteiger partial charge in [-0.1, -0.05) is 0 Å². The van der Waals surface area contributed by atoms with Gasteiger partial charge in [0.2, 0.25) is 0 Å². The van der Waals surface area contributed by atoms with Gasteiger partial charge in [-0.3, -0.25) is 0 Å². The zero-order chi connectivity index (χ0) is 11.4. The summed E-state index contributed by atoms with van der Waals surface area (Å²) in [6, 6.07) is 7.88. The Morgan fingerprint density at radius 2 is 2.27 bits per heavy atom. The molecule has 0 heterocycles. The molecule has 0 amide bonds. The molecule has 0 aliphatic rings. The summed E-state index contributed by atoms with van der Waals surface area (Å²) in [5, 5.41) is 8.74. The average Bonchev–Trinajstić information content (AvgIpc) is 2.17. The summed E-state index contributed by atoms with van der Waals surface area (Å²) in [6.07, 6.45) is 0. The molecule has 0 aromatic heterocycles. The fraction of sp³-hybridized carbons (Fsp3) is 0.364. The van der Waals surface area contributed by atoms with Crippen molar-refractivity contribution in [2.45, 2.75) is 6.92 Å².